The predicted molar refractivity (Wildman–Crippen MR) is 85.7 cm³/mol. The van der Waals surface area contributed by atoms with Crippen LogP contribution in [0.1, 0.15) is 21.5 Å². The van der Waals surface area contributed by atoms with Gasteiger partial charge < -0.3 is 9.47 Å². The monoisotopic (exact) mass is 327 g/mol. The van der Waals surface area contributed by atoms with E-state index in [0.29, 0.717) is 17.1 Å². The summed E-state index contributed by atoms with van der Waals surface area (Å²) in [5, 5.41) is 12.5. The van der Waals surface area contributed by atoms with Gasteiger partial charge in [-0.25, -0.2) is 9.82 Å². The number of amides is 1. The van der Waals surface area contributed by atoms with E-state index in [2.05, 4.69) is 10.5 Å². The third-order valence-corrected chi connectivity index (χ3v) is 3.15. The molecular weight excluding hydrogens is 313 g/mol. The van der Waals surface area contributed by atoms with Crippen LogP contribution < -0.4 is 14.9 Å². The SMILES string of the molecule is COc1cccc(/C=N\NC(=O)c2ccc(C#N)cc2F)c1OC. The average molecular weight is 327 g/mol. The molecule has 0 bridgehead atoms. The third-order valence-electron chi connectivity index (χ3n) is 3.15. The number of para-hydroxylation sites is 1. The van der Waals surface area contributed by atoms with E-state index in [9.17, 15) is 9.18 Å². The van der Waals surface area contributed by atoms with Gasteiger partial charge in [0, 0.05) is 5.56 Å². The molecule has 0 heterocycles. The third kappa shape index (κ3) is 3.67. The van der Waals surface area contributed by atoms with Gasteiger partial charge in [0.2, 0.25) is 0 Å². The predicted octanol–water partition coefficient (Wildman–Crippen LogP) is 2.48. The summed E-state index contributed by atoms with van der Waals surface area (Å²) in [5.74, 6) is -0.538. The van der Waals surface area contributed by atoms with Crippen molar-refractivity contribution in [3.8, 4) is 17.6 Å². The molecule has 0 aliphatic heterocycles. The highest BCUT2D eigenvalue weighted by Gasteiger charge is 2.12. The Morgan fingerprint density at radius 3 is 2.71 bits per heavy atom. The molecule has 0 saturated heterocycles. The number of hydrogen-bond donors (Lipinski definition) is 1. The zero-order chi connectivity index (χ0) is 17.5. The number of halogens is 1. The van der Waals surface area contributed by atoms with Crippen LogP contribution in [0.2, 0.25) is 0 Å². The molecule has 0 aliphatic rings. The first kappa shape index (κ1) is 17.0. The van der Waals surface area contributed by atoms with Crippen LogP contribution in [0.5, 0.6) is 11.5 Å². The Bertz CT molecular complexity index is 828. The first-order chi connectivity index (χ1) is 11.6. The zero-order valence-corrected chi connectivity index (χ0v) is 13.0. The first-order valence-corrected chi connectivity index (χ1v) is 6.84. The minimum Gasteiger partial charge on any atom is -0.493 e. The summed E-state index contributed by atoms with van der Waals surface area (Å²) in [5.41, 5.74) is 2.73. The first-order valence-electron chi connectivity index (χ1n) is 6.84. The normalized spacial score (nSPS) is 10.2. The lowest BCUT2D eigenvalue weighted by molar-refractivity contribution is 0.0951. The highest BCUT2D eigenvalue weighted by molar-refractivity contribution is 5.95. The van der Waals surface area contributed by atoms with Crippen molar-refractivity contribution < 1.29 is 18.7 Å². The standard InChI is InChI=1S/C17H14FN3O3/c1-23-15-5-3-4-12(16(15)24-2)10-20-21-17(22)13-7-6-11(9-19)8-14(13)18/h3-8,10H,1-2H3,(H,21,22)/b20-10-. The van der Waals surface area contributed by atoms with Gasteiger partial charge >= 0.3 is 0 Å². The summed E-state index contributed by atoms with van der Waals surface area (Å²) >= 11 is 0. The molecule has 1 amide bonds. The zero-order valence-electron chi connectivity index (χ0n) is 13.0. The number of nitrogens with zero attached hydrogens (tertiary/aromatic N) is 2. The maximum atomic E-state index is 13.8. The molecule has 0 fully saturated rings. The second-order valence-electron chi connectivity index (χ2n) is 4.59. The Morgan fingerprint density at radius 1 is 1.29 bits per heavy atom. The fraction of sp³-hybridized carbons (Fsp3) is 0.118. The highest BCUT2D eigenvalue weighted by Crippen LogP contribution is 2.29. The second kappa shape index (κ2) is 7.74. The Balaban J connectivity index is 2.15. The Labute approximate surface area is 138 Å². The van der Waals surface area contributed by atoms with Gasteiger partial charge in [0.15, 0.2) is 11.5 Å². The van der Waals surface area contributed by atoms with E-state index in [0.717, 1.165) is 6.07 Å². The number of carbonyl (C=O) groups excluding carboxylic acids is 1. The van der Waals surface area contributed by atoms with Crippen molar-refractivity contribution in [2.75, 3.05) is 14.2 Å². The topological polar surface area (TPSA) is 83.7 Å². The molecule has 0 atom stereocenters. The average Bonchev–Trinajstić information content (AvgIpc) is 2.60. The Hall–Kier alpha value is -3.40. The molecule has 24 heavy (non-hydrogen) atoms. The van der Waals surface area contributed by atoms with Gasteiger partial charge in [-0.3, -0.25) is 4.79 Å². The lowest BCUT2D eigenvalue weighted by atomic mass is 10.1. The van der Waals surface area contributed by atoms with E-state index in [-0.39, 0.29) is 11.1 Å². The number of carbonyl (C=O) groups is 1. The van der Waals surface area contributed by atoms with Gasteiger partial charge in [-0.15, -0.1) is 0 Å². The molecule has 2 rings (SSSR count). The summed E-state index contributed by atoms with van der Waals surface area (Å²) in [4.78, 5) is 11.9. The van der Waals surface area contributed by atoms with Gasteiger partial charge in [0.1, 0.15) is 5.82 Å². The Kier molecular flexibility index (Phi) is 5.47. The van der Waals surface area contributed by atoms with Crippen LogP contribution >= 0.6 is 0 Å². The van der Waals surface area contributed by atoms with Crippen molar-refractivity contribution in [1.82, 2.24) is 5.43 Å². The van der Waals surface area contributed by atoms with E-state index in [1.54, 1.807) is 24.3 Å². The Morgan fingerprint density at radius 2 is 2.08 bits per heavy atom. The van der Waals surface area contributed by atoms with Crippen LogP contribution in [0.3, 0.4) is 0 Å². The maximum Gasteiger partial charge on any atom is 0.274 e. The fourth-order valence-electron chi connectivity index (χ4n) is 2.00. The summed E-state index contributed by atoms with van der Waals surface area (Å²) in [6.07, 6.45) is 1.36. The second-order valence-corrected chi connectivity index (χ2v) is 4.59. The van der Waals surface area contributed by atoms with Gasteiger partial charge in [0.25, 0.3) is 5.91 Å². The van der Waals surface area contributed by atoms with Gasteiger partial charge in [-0.1, -0.05) is 6.07 Å². The number of rotatable bonds is 5. The van der Waals surface area contributed by atoms with Crippen LogP contribution in [0.4, 0.5) is 4.39 Å². The number of nitriles is 1. The van der Waals surface area contributed by atoms with Crippen molar-refractivity contribution in [3.63, 3.8) is 0 Å². The largest absolute Gasteiger partial charge is 0.493 e. The number of hydrogen-bond acceptors (Lipinski definition) is 5. The molecule has 6 nitrogen and oxygen atoms in total. The van der Waals surface area contributed by atoms with Crippen LogP contribution in [0, 0.1) is 17.1 Å². The molecule has 2 aromatic carbocycles. The van der Waals surface area contributed by atoms with Crippen molar-refractivity contribution in [2.24, 2.45) is 5.10 Å². The molecule has 2 aromatic rings. The molecule has 1 N–H and O–H groups in total. The van der Waals surface area contributed by atoms with Crippen LogP contribution in [-0.2, 0) is 0 Å². The number of methoxy groups -OCH3 is 2. The van der Waals surface area contributed by atoms with E-state index in [1.165, 1.54) is 32.6 Å². The van der Waals surface area contributed by atoms with Crippen molar-refractivity contribution in [1.29, 1.82) is 5.26 Å². The molecule has 0 aromatic heterocycles. The number of hydrazone groups is 1. The van der Waals surface area contributed by atoms with E-state index < -0.39 is 11.7 Å². The molecule has 0 unspecified atom stereocenters. The molecule has 7 heteroatoms. The summed E-state index contributed by atoms with van der Waals surface area (Å²) in [7, 11) is 2.99. The molecule has 122 valence electrons. The van der Waals surface area contributed by atoms with E-state index >= 15 is 0 Å². The number of benzene rings is 2. The molecule has 0 radical (unpaired) electrons. The molecular formula is C17H14FN3O3. The quantitative estimate of drug-likeness (QED) is 0.675. The number of nitrogens with one attached hydrogen (secondary N) is 1. The fourth-order valence-corrected chi connectivity index (χ4v) is 2.00. The molecule has 0 spiro atoms. The van der Waals surface area contributed by atoms with Crippen LogP contribution in [0.25, 0.3) is 0 Å². The van der Waals surface area contributed by atoms with Gasteiger partial charge in [-0.05, 0) is 30.3 Å². The minimum atomic E-state index is -0.791. The minimum absolute atomic E-state index is 0.133. The molecule has 0 aliphatic carbocycles. The van der Waals surface area contributed by atoms with Crippen molar-refractivity contribution in [2.45, 2.75) is 0 Å². The van der Waals surface area contributed by atoms with Gasteiger partial charge in [0.05, 0.1) is 37.6 Å². The van der Waals surface area contributed by atoms with Crippen LogP contribution in [0.15, 0.2) is 41.5 Å². The highest BCUT2D eigenvalue weighted by atomic mass is 19.1. The van der Waals surface area contributed by atoms with Crippen molar-refractivity contribution in [3.05, 3.63) is 58.9 Å². The smallest absolute Gasteiger partial charge is 0.274 e. The van der Waals surface area contributed by atoms with Crippen molar-refractivity contribution >= 4 is 12.1 Å². The molecule has 0 saturated carbocycles. The van der Waals surface area contributed by atoms with E-state index in [1.807, 2.05) is 0 Å². The lowest BCUT2D eigenvalue weighted by Gasteiger charge is -2.09. The lowest BCUT2D eigenvalue weighted by Crippen LogP contribution is -2.19. The number of ether oxygens (including phenoxy) is 2. The summed E-state index contributed by atoms with van der Waals surface area (Å²) in [6.45, 7) is 0. The summed E-state index contributed by atoms with van der Waals surface area (Å²) < 4.78 is 24.2. The maximum absolute atomic E-state index is 13.8. The summed E-state index contributed by atoms with van der Waals surface area (Å²) in [6, 6.07) is 10.6. The van der Waals surface area contributed by atoms with Crippen LogP contribution in [-0.4, -0.2) is 26.3 Å². The van der Waals surface area contributed by atoms with Gasteiger partial charge in [-0.2, -0.15) is 10.4 Å². The van der Waals surface area contributed by atoms with E-state index in [4.69, 9.17) is 14.7 Å².